The Hall–Kier alpha value is -0.303. The van der Waals surface area contributed by atoms with Crippen molar-refractivity contribution in [3.63, 3.8) is 0 Å². The van der Waals surface area contributed by atoms with E-state index in [0.717, 1.165) is 52.5 Å². The molecule has 0 heterocycles. The average Bonchev–Trinajstić information content (AvgIpc) is 2.99. The van der Waals surface area contributed by atoms with Crippen molar-refractivity contribution in [1.82, 2.24) is 0 Å². The molecule has 2 saturated carbocycles. The van der Waals surface area contributed by atoms with Crippen LogP contribution in [0.1, 0.15) is 61.3 Å². The molecule has 0 saturated heterocycles. The first-order valence-corrected chi connectivity index (χ1v) is 14.5. The van der Waals surface area contributed by atoms with E-state index in [1.165, 1.54) is 12.8 Å². The van der Waals surface area contributed by atoms with Gasteiger partial charge in [0.15, 0.2) is 0 Å². The molecule has 0 bridgehead atoms. The second kappa shape index (κ2) is 6.94. The fourth-order valence-corrected chi connectivity index (χ4v) is 13.7. The van der Waals surface area contributed by atoms with E-state index in [9.17, 15) is 0 Å². The summed E-state index contributed by atoms with van der Waals surface area (Å²) in [5.74, 6) is 6.12. The van der Waals surface area contributed by atoms with Crippen LogP contribution in [0, 0.1) is 46.8 Å². The highest BCUT2D eigenvalue weighted by atomic mass is 28.3. The van der Waals surface area contributed by atoms with Gasteiger partial charge in [0.2, 0.25) is 0 Å². The predicted octanol–water partition coefficient (Wildman–Crippen LogP) is 7.81. The number of hydrogen-bond donors (Lipinski definition) is 0. The zero-order valence-electron chi connectivity index (χ0n) is 18.9. The van der Waals surface area contributed by atoms with Crippen LogP contribution in [0.3, 0.4) is 0 Å². The van der Waals surface area contributed by atoms with Crippen molar-refractivity contribution in [2.24, 2.45) is 46.8 Å². The van der Waals surface area contributed by atoms with Crippen LogP contribution in [0.15, 0.2) is 24.3 Å². The summed E-state index contributed by atoms with van der Waals surface area (Å²) in [6.45, 7) is 23.1. The average molecular weight is 373 g/mol. The molecule has 8 atom stereocenters. The first-order valence-electron chi connectivity index (χ1n) is 11.3. The molecule has 0 spiro atoms. The summed E-state index contributed by atoms with van der Waals surface area (Å²) in [5.41, 5.74) is 2.40. The first kappa shape index (κ1) is 20.4. The number of rotatable bonds is 3. The summed E-state index contributed by atoms with van der Waals surface area (Å²) >= 11 is 0. The topological polar surface area (TPSA) is 0 Å². The second-order valence-corrected chi connectivity index (χ2v) is 17.1. The quantitative estimate of drug-likeness (QED) is 0.443. The standard InChI is InChI=1S/C25H44Si/c1-16-17(2)19(4)24(18(16)3)26(8,9)23-14-20(15-25(5,6)7)21-12-10-11-13-22(21)23/h10-13,16-24H,14-15H2,1-9H3. The number of hydrogen-bond acceptors (Lipinski definition) is 0. The highest BCUT2D eigenvalue weighted by Crippen LogP contribution is 2.62. The Labute approximate surface area is 164 Å². The fraction of sp³-hybridized carbons (Fsp3) is 0.840. The molecule has 0 N–H and O–H groups in total. The molecule has 148 valence electrons. The van der Waals surface area contributed by atoms with E-state index in [4.69, 9.17) is 0 Å². The van der Waals surface area contributed by atoms with Crippen molar-refractivity contribution >= 4 is 8.07 Å². The van der Waals surface area contributed by atoms with Crippen molar-refractivity contribution in [2.75, 3.05) is 0 Å². The molecule has 0 aromatic carbocycles. The molecular formula is C25H44Si. The summed E-state index contributed by atoms with van der Waals surface area (Å²) < 4.78 is 0. The molecule has 3 rings (SSSR count). The van der Waals surface area contributed by atoms with Crippen LogP contribution in [0.4, 0.5) is 0 Å². The first-order chi connectivity index (χ1) is 11.9. The number of allylic oxidation sites excluding steroid dienone is 4. The van der Waals surface area contributed by atoms with Gasteiger partial charge in [-0.1, -0.05) is 85.9 Å². The van der Waals surface area contributed by atoms with Gasteiger partial charge in [0.1, 0.15) is 0 Å². The Bertz CT molecular complexity index is 549. The minimum absolute atomic E-state index is 0.446. The molecule has 0 nitrogen and oxygen atoms in total. The minimum atomic E-state index is -1.36. The van der Waals surface area contributed by atoms with Crippen LogP contribution >= 0.6 is 0 Å². The Morgan fingerprint density at radius 3 is 1.81 bits per heavy atom. The van der Waals surface area contributed by atoms with Crippen LogP contribution in [-0.4, -0.2) is 8.07 Å². The van der Waals surface area contributed by atoms with Crippen LogP contribution in [0.2, 0.25) is 24.2 Å². The SMILES string of the molecule is CC1C(C)C(C)C([Si](C)(C)C2CC(CC(C)(C)C)C3C=CC=CC32)C1C. The summed E-state index contributed by atoms with van der Waals surface area (Å²) in [4.78, 5) is 0. The molecule has 0 aromatic rings. The molecule has 0 radical (unpaired) electrons. The minimum Gasteiger partial charge on any atom is -0.0808 e. The third kappa shape index (κ3) is 3.43. The van der Waals surface area contributed by atoms with Gasteiger partial charge < -0.3 is 0 Å². The summed E-state index contributed by atoms with van der Waals surface area (Å²) in [5, 5.41) is 0. The van der Waals surface area contributed by atoms with E-state index < -0.39 is 8.07 Å². The molecule has 1 heteroatoms. The molecule has 0 aliphatic heterocycles. The zero-order valence-corrected chi connectivity index (χ0v) is 19.9. The molecule has 3 aliphatic rings. The normalized spacial score (nSPS) is 46.0. The lowest BCUT2D eigenvalue weighted by atomic mass is 9.77. The van der Waals surface area contributed by atoms with Gasteiger partial charge in [-0.25, -0.2) is 0 Å². The smallest absolute Gasteiger partial charge is 0.0547 e. The molecule has 26 heavy (non-hydrogen) atoms. The van der Waals surface area contributed by atoms with Crippen molar-refractivity contribution in [3.05, 3.63) is 24.3 Å². The van der Waals surface area contributed by atoms with Gasteiger partial charge in [-0.05, 0) is 70.8 Å². The summed E-state index contributed by atoms with van der Waals surface area (Å²) in [6, 6.07) is 0. The highest BCUT2D eigenvalue weighted by Gasteiger charge is 2.56. The van der Waals surface area contributed by atoms with E-state index in [0.29, 0.717) is 5.41 Å². The third-order valence-electron chi connectivity index (χ3n) is 9.10. The Morgan fingerprint density at radius 2 is 1.31 bits per heavy atom. The predicted molar refractivity (Wildman–Crippen MR) is 119 cm³/mol. The van der Waals surface area contributed by atoms with Crippen LogP contribution in [0.5, 0.6) is 0 Å². The molecule has 0 aromatic heterocycles. The van der Waals surface area contributed by atoms with Gasteiger partial charge in [-0.3, -0.25) is 0 Å². The molecule has 8 unspecified atom stereocenters. The van der Waals surface area contributed by atoms with Gasteiger partial charge in [-0.2, -0.15) is 0 Å². The van der Waals surface area contributed by atoms with E-state index in [2.05, 4.69) is 85.9 Å². The fourth-order valence-electron chi connectivity index (χ4n) is 7.65. The summed E-state index contributed by atoms with van der Waals surface area (Å²) in [7, 11) is -1.36. The van der Waals surface area contributed by atoms with Crippen LogP contribution < -0.4 is 0 Å². The molecule has 2 fully saturated rings. The van der Waals surface area contributed by atoms with Crippen molar-refractivity contribution in [1.29, 1.82) is 0 Å². The lowest BCUT2D eigenvalue weighted by Gasteiger charge is -2.43. The van der Waals surface area contributed by atoms with Gasteiger partial charge in [0.25, 0.3) is 0 Å². The maximum atomic E-state index is 2.77. The van der Waals surface area contributed by atoms with Crippen molar-refractivity contribution in [3.8, 4) is 0 Å². The second-order valence-electron chi connectivity index (χ2n) is 12.1. The van der Waals surface area contributed by atoms with Gasteiger partial charge in [0, 0.05) is 0 Å². The van der Waals surface area contributed by atoms with Crippen LogP contribution in [-0.2, 0) is 0 Å². The lowest BCUT2D eigenvalue weighted by molar-refractivity contribution is 0.262. The maximum absolute atomic E-state index is 2.77. The molecular weight excluding hydrogens is 328 g/mol. The highest BCUT2D eigenvalue weighted by molar-refractivity contribution is 6.80. The zero-order chi connectivity index (χ0) is 19.4. The molecule has 3 aliphatic carbocycles. The van der Waals surface area contributed by atoms with Crippen molar-refractivity contribution in [2.45, 2.75) is 85.5 Å². The Morgan fingerprint density at radius 1 is 0.808 bits per heavy atom. The third-order valence-corrected chi connectivity index (χ3v) is 14.4. The maximum Gasteiger partial charge on any atom is 0.0547 e. The van der Waals surface area contributed by atoms with Crippen molar-refractivity contribution < 1.29 is 0 Å². The van der Waals surface area contributed by atoms with Gasteiger partial charge in [-0.15, -0.1) is 0 Å². The molecule has 0 amide bonds. The van der Waals surface area contributed by atoms with E-state index in [1.807, 2.05) is 0 Å². The van der Waals surface area contributed by atoms with Gasteiger partial charge in [0.05, 0.1) is 8.07 Å². The number of fused-ring (bicyclic) bond motifs is 1. The Balaban J connectivity index is 1.89. The summed E-state index contributed by atoms with van der Waals surface area (Å²) in [6.07, 6.45) is 12.7. The van der Waals surface area contributed by atoms with E-state index in [-0.39, 0.29) is 0 Å². The lowest BCUT2D eigenvalue weighted by Crippen LogP contribution is -2.43. The van der Waals surface area contributed by atoms with E-state index in [1.54, 1.807) is 0 Å². The monoisotopic (exact) mass is 372 g/mol. The van der Waals surface area contributed by atoms with E-state index >= 15 is 0 Å². The largest absolute Gasteiger partial charge is 0.0808 e. The Kier molecular flexibility index (Phi) is 5.46. The van der Waals surface area contributed by atoms with Crippen LogP contribution in [0.25, 0.3) is 0 Å². The van der Waals surface area contributed by atoms with Gasteiger partial charge >= 0.3 is 0 Å².